The van der Waals surface area contributed by atoms with Gasteiger partial charge in [-0.05, 0) is 31.0 Å². The summed E-state index contributed by atoms with van der Waals surface area (Å²) in [5, 5.41) is 17.0. The molecule has 1 aromatic heterocycles. The number of rotatable bonds is 4. The van der Waals surface area contributed by atoms with Crippen molar-refractivity contribution in [1.29, 1.82) is 0 Å². The molecular formula is C15H19N3O2. The summed E-state index contributed by atoms with van der Waals surface area (Å²) < 4.78 is 0. The van der Waals surface area contributed by atoms with E-state index in [1.165, 1.54) is 12.8 Å². The van der Waals surface area contributed by atoms with Crippen LogP contribution in [0.1, 0.15) is 36.0 Å². The smallest absolute Gasteiger partial charge is 0.254 e. The van der Waals surface area contributed by atoms with E-state index in [1.54, 1.807) is 6.20 Å². The molecule has 1 amide bonds. The quantitative estimate of drug-likeness (QED) is 0.894. The first-order valence-corrected chi connectivity index (χ1v) is 7.14. The summed E-state index contributed by atoms with van der Waals surface area (Å²) in [6.07, 6.45) is 6.14. The number of aromatic nitrogens is 2. The molecule has 0 aliphatic heterocycles. The van der Waals surface area contributed by atoms with Crippen LogP contribution >= 0.6 is 0 Å². The zero-order valence-electron chi connectivity index (χ0n) is 11.4. The second kappa shape index (κ2) is 5.63. The lowest BCUT2D eigenvalue weighted by Gasteiger charge is -2.28. The Labute approximate surface area is 117 Å². The van der Waals surface area contributed by atoms with E-state index in [0.717, 1.165) is 23.7 Å². The number of hydrogen-bond acceptors (Lipinski definition) is 3. The zero-order chi connectivity index (χ0) is 13.9. The summed E-state index contributed by atoms with van der Waals surface area (Å²) in [6.45, 7) is 0.420. The van der Waals surface area contributed by atoms with Crippen LogP contribution in [0.4, 0.5) is 0 Å². The van der Waals surface area contributed by atoms with Crippen molar-refractivity contribution < 1.29 is 9.90 Å². The number of amides is 1. The van der Waals surface area contributed by atoms with E-state index in [-0.39, 0.29) is 18.6 Å². The minimum absolute atomic E-state index is 0.00838. The van der Waals surface area contributed by atoms with E-state index in [4.69, 9.17) is 0 Å². The van der Waals surface area contributed by atoms with Crippen LogP contribution in [0.25, 0.3) is 10.9 Å². The Morgan fingerprint density at radius 2 is 2.20 bits per heavy atom. The monoisotopic (exact) mass is 273 g/mol. The van der Waals surface area contributed by atoms with Crippen molar-refractivity contribution in [2.45, 2.75) is 31.7 Å². The summed E-state index contributed by atoms with van der Waals surface area (Å²) in [6, 6.07) is 5.83. The van der Waals surface area contributed by atoms with Crippen LogP contribution in [0.3, 0.4) is 0 Å². The van der Waals surface area contributed by atoms with Gasteiger partial charge in [-0.2, -0.15) is 5.10 Å². The van der Waals surface area contributed by atoms with Gasteiger partial charge in [0.2, 0.25) is 0 Å². The lowest BCUT2D eigenvalue weighted by atomic mass is 10.1. The first kappa shape index (κ1) is 13.1. The van der Waals surface area contributed by atoms with E-state index in [1.807, 2.05) is 23.1 Å². The highest BCUT2D eigenvalue weighted by atomic mass is 16.3. The standard InChI is InChI=1S/C15H19N3O2/c19-8-7-18(13-3-1-2-4-13)15(20)11-5-6-14-12(9-11)10-16-17-14/h5-6,9-10,13,19H,1-4,7-8H2,(H,16,17). The molecule has 1 aliphatic carbocycles. The van der Waals surface area contributed by atoms with E-state index in [2.05, 4.69) is 10.2 Å². The van der Waals surface area contributed by atoms with E-state index in [9.17, 15) is 9.90 Å². The molecule has 1 heterocycles. The molecule has 1 aromatic carbocycles. The third-order valence-electron chi connectivity index (χ3n) is 4.05. The van der Waals surface area contributed by atoms with Gasteiger partial charge >= 0.3 is 0 Å². The Morgan fingerprint density at radius 3 is 2.95 bits per heavy atom. The number of nitrogens with zero attached hydrogens (tertiary/aromatic N) is 2. The van der Waals surface area contributed by atoms with Crippen LogP contribution in [0, 0.1) is 0 Å². The zero-order valence-corrected chi connectivity index (χ0v) is 11.4. The van der Waals surface area contributed by atoms with Crippen molar-refractivity contribution in [3.05, 3.63) is 30.0 Å². The molecule has 20 heavy (non-hydrogen) atoms. The summed E-state index contributed by atoms with van der Waals surface area (Å²) in [7, 11) is 0. The first-order valence-electron chi connectivity index (χ1n) is 7.14. The topological polar surface area (TPSA) is 69.2 Å². The summed E-state index contributed by atoms with van der Waals surface area (Å²) >= 11 is 0. The SMILES string of the molecule is O=C(c1ccc2[nH]ncc2c1)N(CCO)C1CCCC1. The molecule has 0 atom stereocenters. The number of H-pyrrole nitrogens is 1. The fraction of sp³-hybridized carbons (Fsp3) is 0.467. The highest BCUT2D eigenvalue weighted by molar-refractivity contribution is 5.98. The number of aromatic amines is 1. The predicted molar refractivity (Wildman–Crippen MR) is 76.5 cm³/mol. The number of aliphatic hydroxyl groups excluding tert-OH is 1. The molecule has 3 rings (SSSR count). The van der Waals surface area contributed by atoms with Gasteiger partial charge < -0.3 is 10.0 Å². The Kier molecular flexibility index (Phi) is 3.69. The molecule has 0 saturated heterocycles. The van der Waals surface area contributed by atoms with Crippen molar-refractivity contribution >= 4 is 16.8 Å². The summed E-state index contributed by atoms with van der Waals surface area (Å²) in [5.74, 6) is 0.00838. The maximum Gasteiger partial charge on any atom is 0.254 e. The Morgan fingerprint density at radius 1 is 1.40 bits per heavy atom. The van der Waals surface area contributed by atoms with Crippen molar-refractivity contribution in [1.82, 2.24) is 15.1 Å². The van der Waals surface area contributed by atoms with Crippen LogP contribution in [0.2, 0.25) is 0 Å². The minimum atomic E-state index is 0.00838. The second-order valence-electron chi connectivity index (χ2n) is 5.33. The number of carbonyl (C=O) groups excluding carboxylic acids is 1. The minimum Gasteiger partial charge on any atom is -0.395 e. The highest BCUT2D eigenvalue weighted by Gasteiger charge is 2.27. The fourth-order valence-corrected chi connectivity index (χ4v) is 3.02. The maximum absolute atomic E-state index is 12.7. The Balaban J connectivity index is 1.87. The van der Waals surface area contributed by atoms with Gasteiger partial charge in [0.05, 0.1) is 18.3 Å². The van der Waals surface area contributed by atoms with Crippen LogP contribution in [0.15, 0.2) is 24.4 Å². The summed E-state index contributed by atoms with van der Waals surface area (Å²) in [5.41, 5.74) is 1.59. The first-order chi connectivity index (χ1) is 9.79. The van der Waals surface area contributed by atoms with Crippen LogP contribution < -0.4 is 0 Å². The van der Waals surface area contributed by atoms with E-state index in [0.29, 0.717) is 12.1 Å². The molecule has 0 spiro atoms. The van der Waals surface area contributed by atoms with Crippen molar-refractivity contribution in [3.8, 4) is 0 Å². The number of hydrogen-bond donors (Lipinski definition) is 2. The van der Waals surface area contributed by atoms with Gasteiger partial charge in [-0.1, -0.05) is 12.8 Å². The average Bonchev–Trinajstić information content (AvgIpc) is 3.13. The molecule has 5 heteroatoms. The molecule has 1 aliphatic rings. The number of carbonyl (C=O) groups is 1. The third-order valence-corrected chi connectivity index (χ3v) is 4.05. The third kappa shape index (κ3) is 2.41. The van der Waals surface area contributed by atoms with Crippen LogP contribution in [0.5, 0.6) is 0 Å². The molecular weight excluding hydrogens is 254 g/mol. The van der Waals surface area contributed by atoms with Gasteiger partial charge in [0.1, 0.15) is 0 Å². The van der Waals surface area contributed by atoms with E-state index >= 15 is 0 Å². The molecule has 2 aromatic rings. The maximum atomic E-state index is 12.7. The van der Waals surface area contributed by atoms with Crippen LogP contribution in [-0.2, 0) is 0 Å². The van der Waals surface area contributed by atoms with E-state index < -0.39 is 0 Å². The highest BCUT2D eigenvalue weighted by Crippen LogP contribution is 2.25. The van der Waals surface area contributed by atoms with Crippen molar-refractivity contribution in [2.75, 3.05) is 13.2 Å². The van der Waals surface area contributed by atoms with Gasteiger partial charge in [0, 0.05) is 23.5 Å². The fourth-order valence-electron chi connectivity index (χ4n) is 3.02. The molecule has 0 radical (unpaired) electrons. The largest absolute Gasteiger partial charge is 0.395 e. The number of aliphatic hydroxyl groups is 1. The number of nitrogens with one attached hydrogen (secondary N) is 1. The number of fused-ring (bicyclic) bond motifs is 1. The average molecular weight is 273 g/mol. The number of benzene rings is 1. The van der Waals surface area contributed by atoms with Gasteiger partial charge in [0.15, 0.2) is 0 Å². The van der Waals surface area contributed by atoms with Gasteiger partial charge in [-0.3, -0.25) is 9.89 Å². The second-order valence-corrected chi connectivity index (χ2v) is 5.33. The molecule has 1 saturated carbocycles. The Bertz CT molecular complexity index is 602. The molecule has 0 unspecified atom stereocenters. The molecule has 1 fully saturated rings. The summed E-state index contributed by atoms with van der Waals surface area (Å²) in [4.78, 5) is 14.5. The molecule has 2 N–H and O–H groups in total. The van der Waals surface area contributed by atoms with Gasteiger partial charge in [0.25, 0.3) is 5.91 Å². The van der Waals surface area contributed by atoms with Crippen molar-refractivity contribution in [2.24, 2.45) is 0 Å². The van der Waals surface area contributed by atoms with Gasteiger partial charge in [-0.25, -0.2) is 0 Å². The Hall–Kier alpha value is -1.88. The normalized spacial score (nSPS) is 15.8. The van der Waals surface area contributed by atoms with Crippen molar-refractivity contribution in [3.63, 3.8) is 0 Å². The predicted octanol–water partition coefficient (Wildman–Crippen LogP) is 1.94. The lowest BCUT2D eigenvalue weighted by molar-refractivity contribution is 0.0638. The van der Waals surface area contributed by atoms with Gasteiger partial charge in [-0.15, -0.1) is 0 Å². The molecule has 5 nitrogen and oxygen atoms in total. The van der Waals surface area contributed by atoms with Crippen LogP contribution in [-0.4, -0.2) is 45.3 Å². The lowest BCUT2D eigenvalue weighted by Crippen LogP contribution is -2.40. The molecule has 0 bridgehead atoms. The molecule has 106 valence electrons.